The fourth-order valence-electron chi connectivity index (χ4n) is 2.74. The lowest BCUT2D eigenvalue weighted by Crippen LogP contribution is -2.48. The third-order valence-corrected chi connectivity index (χ3v) is 4.34. The van der Waals surface area contributed by atoms with Gasteiger partial charge >= 0.3 is 6.09 Å². The Bertz CT molecular complexity index is 533. The molecule has 0 saturated carbocycles. The van der Waals surface area contributed by atoms with Crippen molar-refractivity contribution >= 4 is 27.9 Å². The number of carbonyl (C=O) groups excluding carboxylic acids is 2. The molecule has 1 N–H and O–H groups in total. The Morgan fingerprint density at radius 3 is 2.73 bits per heavy atom. The average molecular weight is 369 g/mol. The molecular weight excluding hydrogens is 348 g/mol. The number of methoxy groups -OCH3 is 1. The Morgan fingerprint density at radius 2 is 2.09 bits per heavy atom. The van der Waals surface area contributed by atoms with Crippen LogP contribution in [0.25, 0.3) is 0 Å². The molecule has 0 aromatic heterocycles. The molecule has 2 unspecified atom stereocenters. The molecule has 1 aromatic rings. The zero-order valence-electron chi connectivity index (χ0n) is 12.8. The van der Waals surface area contributed by atoms with E-state index in [1.807, 2.05) is 31.2 Å². The molecule has 22 heavy (non-hydrogen) atoms. The van der Waals surface area contributed by atoms with Crippen molar-refractivity contribution < 1.29 is 14.3 Å². The van der Waals surface area contributed by atoms with E-state index in [2.05, 4.69) is 21.2 Å². The van der Waals surface area contributed by atoms with Gasteiger partial charge in [-0.1, -0.05) is 28.1 Å². The normalized spacial score (nSPS) is 18.9. The van der Waals surface area contributed by atoms with Crippen LogP contribution in [0.15, 0.2) is 28.7 Å². The minimum atomic E-state index is -0.432. The molecule has 1 aliphatic rings. The SMILES string of the molecule is COC(=O)N1CCCC1C(=O)NC(C)Cc1ccc(Br)cc1. The van der Waals surface area contributed by atoms with Crippen LogP contribution in [0, 0.1) is 0 Å². The highest BCUT2D eigenvalue weighted by Crippen LogP contribution is 2.18. The highest BCUT2D eigenvalue weighted by atomic mass is 79.9. The molecule has 1 aromatic carbocycles. The molecule has 0 spiro atoms. The summed E-state index contributed by atoms with van der Waals surface area (Å²) in [5.74, 6) is -0.104. The van der Waals surface area contributed by atoms with Crippen molar-refractivity contribution in [2.75, 3.05) is 13.7 Å². The zero-order chi connectivity index (χ0) is 16.1. The number of ether oxygens (including phenoxy) is 1. The quantitative estimate of drug-likeness (QED) is 0.888. The van der Waals surface area contributed by atoms with Gasteiger partial charge in [0.25, 0.3) is 0 Å². The van der Waals surface area contributed by atoms with E-state index in [9.17, 15) is 9.59 Å². The lowest BCUT2D eigenvalue weighted by atomic mass is 10.1. The van der Waals surface area contributed by atoms with E-state index in [-0.39, 0.29) is 11.9 Å². The molecule has 2 amide bonds. The molecule has 1 heterocycles. The van der Waals surface area contributed by atoms with Gasteiger partial charge in [-0.2, -0.15) is 0 Å². The van der Waals surface area contributed by atoms with Crippen LogP contribution < -0.4 is 5.32 Å². The first kappa shape index (κ1) is 16.8. The molecule has 2 atom stereocenters. The first-order chi connectivity index (χ1) is 10.5. The molecule has 0 aliphatic carbocycles. The lowest BCUT2D eigenvalue weighted by Gasteiger charge is -2.24. The summed E-state index contributed by atoms with van der Waals surface area (Å²) < 4.78 is 5.76. The highest BCUT2D eigenvalue weighted by Gasteiger charge is 2.35. The topological polar surface area (TPSA) is 58.6 Å². The smallest absolute Gasteiger partial charge is 0.410 e. The summed E-state index contributed by atoms with van der Waals surface area (Å²) in [6.45, 7) is 2.54. The van der Waals surface area contributed by atoms with Crippen LogP contribution in [0.1, 0.15) is 25.3 Å². The number of nitrogens with zero attached hydrogens (tertiary/aromatic N) is 1. The number of rotatable bonds is 4. The van der Waals surface area contributed by atoms with E-state index in [0.29, 0.717) is 13.0 Å². The van der Waals surface area contributed by atoms with Crippen molar-refractivity contribution in [1.82, 2.24) is 10.2 Å². The fraction of sp³-hybridized carbons (Fsp3) is 0.500. The first-order valence-corrected chi connectivity index (χ1v) is 8.20. The van der Waals surface area contributed by atoms with Gasteiger partial charge in [0.1, 0.15) is 6.04 Å². The summed E-state index contributed by atoms with van der Waals surface area (Å²) >= 11 is 3.40. The monoisotopic (exact) mass is 368 g/mol. The minimum absolute atomic E-state index is 0.00812. The van der Waals surface area contributed by atoms with Crippen LogP contribution in [0.4, 0.5) is 4.79 Å². The molecule has 5 nitrogen and oxygen atoms in total. The minimum Gasteiger partial charge on any atom is -0.453 e. The van der Waals surface area contributed by atoms with E-state index < -0.39 is 12.1 Å². The second-order valence-electron chi connectivity index (χ2n) is 5.56. The number of benzene rings is 1. The highest BCUT2D eigenvalue weighted by molar-refractivity contribution is 9.10. The second kappa shape index (κ2) is 7.63. The Morgan fingerprint density at radius 1 is 1.41 bits per heavy atom. The summed E-state index contributed by atoms with van der Waals surface area (Å²) in [6.07, 6.45) is 1.84. The summed E-state index contributed by atoms with van der Waals surface area (Å²) in [4.78, 5) is 25.5. The standard InChI is InChI=1S/C16H21BrN2O3/c1-11(10-12-5-7-13(17)8-6-12)18-15(20)14-4-3-9-19(14)16(21)22-2/h5-8,11,14H,3-4,9-10H2,1-2H3,(H,18,20). The van der Waals surface area contributed by atoms with Gasteiger partial charge in [-0.25, -0.2) is 4.79 Å². The fourth-order valence-corrected chi connectivity index (χ4v) is 3.00. The van der Waals surface area contributed by atoms with Crippen molar-refractivity contribution in [2.45, 2.75) is 38.3 Å². The molecule has 1 saturated heterocycles. The molecule has 0 bridgehead atoms. The largest absolute Gasteiger partial charge is 0.453 e. The number of carbonyl (C=O) groups is 2. The maximum Gasteiger partial charge on any atom is 0.410 e. The molecular formula is C16H21BrN2O3. The van der Waals surface area contributed by atoms with Crippen molar-refractivity contribution in [3.05, 3.63) is 34.3 Å². The average Bonchev–Trinajstić information content (AvgIpc) is 2.98. The van der Waals surface area contributed by atoms with Gasteiger partial charge in [-0.3, -0.25) is 9.69 Å². The first-order valence-electron chi connectivity index (χ1n) is 7.40. The van der Waals surface area contributed by atoms with E-state index >= 15 is 0 Å². The van der Waals surface area contributed by atoms with Gasteiger partial charge in [-0.15, -0.1) is 0 Å². The van der Waals surface area contributed by atoms with Crippen molar-refractivity contribution in [3.63, 3.8) is 0 Å². The molecule has 2 rings (SSSR count). The predicted octanol–water partition coefficient (Wildman–Crippen LogP) is 2.73. The summed E-state index contributed by atoms with van der Waals surface area (Å²) in [6, 6.07) is 7.62. The third kappa shape index (κ3) is 4.22. The zero-order valence-corrected chi connectivity index (χ0v) is 14.4. The van der Waals surface area contributed by atoms with Crippen molar-refractivity contribution in [3.8, 4) is 0 Å². The van der Waals surface area contributed by atoms with Crippen LogP contribution in [0.5, 0.6) is 0 Å². The molecule has 0 radical (unpaired) electrons. The Kier molecular flexibility index (Phi) is 5.83. The maximum atomic E-state index is 12.4. The Hall–Kier alpha value is -1.56. The molecule has 1 fully saturated rings. The molecule has 120 valence electrons. The molecule has 1 aliphatic heterocycles. The van der Waals surface area contributed by atoms with E-state index in [0.717, 1.165) is 22.9 Å². The summed E-state index contributed by atoms with van der Waals surface area (Å²) in [7, 11) is 1.34. The van der Waals surface area contributed by atoms with Gasteiger partial charge in [-0.05, 0) is 43.9 Å². The number of likely N-dealkylation sites (tertiary alicyclic amines) is 1. The van der Waals surface area contributed by atoms with Crippen molar-refractivity contribution in [2.24, 2.45) is 0 Å². The second-order valence-corrected chi connectivity index (χ2v) is 6.48. The van der Waals surface area contributed by atoms with Gasteiger partial charge in [0.2, 0.25) is 5.91 Å². The Labute approximate surface area is 139 Å². The number of hydrogen-bond acceptors (Lipinski definition) is 3. The van der Waals surface area contributed by atoms with E-state index in [4.69, 9.17) is 4.74 Å². The molecule has 6 heteroatoms. The van der Waals surface area contributed by atoms with Crippen molar-refractivity contribution in [1.29, 1.82) is 0 Å². The van der Waals surface area contributed by atoms with Gasteiger partial charge in [0.15, 0.2) is 0 Å². The van der Waals surface area contributed by atoms with E-state index in [1.54, 1.807) is 0 Å². The number of halogens is 1. The van der Waals surface area contributed by atoms with Crippen LogP contribution in [0.2, 0.25) is 0 Å². The summed E-state index contributed by atoms with van der Waals surface area (Å²) in [5.41, 5.74) is 1.16. The maximum absolute atomic E-state index is 12.4. The van der Waals surface area contributed by atoms with Crippen LogP contribution in [0.3, 0.4) is 0 Å². The van der Waals surface area contributed by atoms with Crippen LogP contribution in [-0.4, -0.2) is 42.6 Å². The Balaban J connectivity index is 1.90. The number of nitrogens with one attached hydrogen (secondary N) is 1. The third-order valence-electron chi connectivity index (χ3n) is 3.81. The van der Waals surface area contributed by atoms with Gasteiger partial charge in [0, 0.05) is 17.1 Å². The number of hydrogen-bond donors (Lipinski definition) is 1. The number of amides is 2. The van der Waals surface area contributed by atoms with Gasteiger partial charge in [0.05, 0.1) is 7.11 Å². The van der Waals surface area contributed by atoms with Crippen LogP contribution >= 0.6 is 15.9 Å². The van der Waals surface area contributed by atoms with Crippen LogP contribution in [-0.2, 0) is 16.0 Å². The van der Waals surface area contributed by atoms with E-state index in [1.165, 1.54) is 12.0 Å². The van der Waals surface area contributed by atoms with Gasteiger partial charge < -0.3 is 10.1 Å². The lowest BCUT2D eigenvalue weighted by molar-refractivity contribution is -0.125. The summed E-state index contributed by atoms with van der Waals surface area (Å²) in [5, 5.41) is 2.99. The predicted molar refractivity (Wildman–Crippen MR) is 87.6 cm³/mol.